The number of hydrogen-bond acceptors (Lipinski definition) is 2. The third-order valence-electron chi connectivity index (χ3n) is 5.34. The number of nitrogens with one attached hydrogen (secondary N) is 1. The van der Waals surface area contributed by atoms with Gasteiger partial charge < -0.3 is 10.2 Å². The maximum atomic E-state index is 3.74. The highest BCUT2D eigenvalue weighted by Gasteiger charge is 2.28. The van der Waals surface area contributed by atoms with E-state index in [1.165, 1.54) is 70.9 Å². The largest absolute Gasteiger partial charge is 0.314 e. The first-order valence-electron chi connectivity index (χ1n) is 8.82. The molecule has 0 aromatic rings. The van der Waals surface area contributed by atoms with Crippen molar-refractivity contribution in [2.24, 2.45) is 5.92 Å². The molecule has 2 rings (SSSR count). The van der Waals surface area contributed by atoms with E-state index in [-0.39, 0.29) is 0 Å². The van der Waals surface area contributed by atoms with Crippen molar-refractivity contribution < 1.29 is 0 Å². The van der Waals surface area contributed by atoms with Crippen molar-refractivity contribution in [1.29, 1.82) is 0 Å². The minimum absolute atomic E-state index is 0.788. The van der Waals surface area contributed by atoms with E-state index in [4.69, 9.17) is 0 Å². The summed E-state index contributed by atoms with van der Waals surface area (Å²) in [7, 11) is 0. The van der Waals surface area contributed by atoms with E-state index < -0.39 is 0 Å². The minimum Gasteiger partial charge on any atom is -0.314 e. The van der Waals surface area contributed by atoms with Gasteiger partial charge in [0.05, 0.1) is 0 Å². The highest BCUT2D eigenvalue weighted by atomic mass is 15.2. The predicted octanol–water partition coefficient (Wildman–Crippen LogP) is 3.81. The van der Waals surface area contributed by atoms with Crippen LogP contribution in [0, 0.1) is 5.92 Å². The molecule has 2 aliphatic carbocycles. The monoisotopic (exact) mass is 266 g/mol. The van der Waals surface area contributed by atoms with Gasteiger partial charge in [-0.25, -0.2) is 0 Å². The van der Waals surface area contributed by atoms with Gasteiger partial charge >= 0.3 is 0 Å². The van der Waals surface area contributed by atoms with Gasteiger partial charge in [0.1, 0.15) is 0 Å². The molecule has 0 amide bonds. The van der Waals surface area contributed by atoms with Crippen LogP contribution in [-0.4, -0.2) is 36.6 Å². The summed E-state index contributed by atoms with van der Waals surface area (Å²) >= 11 is 0. The Morgan fingerprint density at radius 1 is 0.895 bits per heavy atom. The molecule has 0 spiro atoms. The van der Waals surface area contributed by atoms with Crippen LogP contribution in [0.1, 0.15) is 71.6 Å². The van der Waals surface area contributed by atoms with Crippen molar-refractivity contribution in [2.75, 3.05) is 19.6 Å². The lowest BCUT2D eigenvalue weighted by atomic mass is 9.83. The van der Waals surface area contributed by atoms with Crippen molar-refractivity contribution in [3.63, 3.8) is 0 Å². The summed E-state index contributed by atoms with van der Waals surface area (Å²) in [6, 6.07) is 1.68. The average Bonchev–Trinajstić information content (AvgIpc) is 2.47. The Hall–Kier alpha value is -0.0800. The molecule has 2 saturated carbocycles. The second kappa shape index (κ2) is 8.26. The Bertz CT molecular complexity index is 223. The molecular formula is C17H34N2. The third-order valence-corrected chi connectivity index (χ3v) is 5.34. The van der Waals surface area contributed by atoms with Crippen molar-refractivity contribution >= 4 is 0 Å². The van der Waals surface area contributed by atoms with Crippen molar-refractivity contribution in [1.82, 2.24) is 10.2 Å². The summed E-state index contributed by atoms with van der Waals surface area (Å²) in [6.45, 7) is 8.35. The van der Waals surface area contributed by atoms with E-state index in [1.807, 2.05) is 0 Å². The van der Waals surface area contributed by atoms with Gasteiger partial charge in [0, 0.05) is 18.6 Å². The lowest BCUT2D eigenvalue weighted by Crippen LogP contribution is -2.47. The third kappa shape index (κ3) is 4.46. The van der Waals surface area contributed by atoms with Gasteiger partial charge in [-0.05, 0) is 44.7 Å². The van der Waals surface area contributed by atoms with E-state index >= 15 is 0 Å². The van der Waals surface area contributed by atoms with Crippen molar-refractivity contribution in [3.05, 3.63) is 0 Å². The molecule has 0 aromatic heterocycles. The summed E-state index contributed by atoms with van der Waals surface area (Å²) in [5.74, 6) is 0.899. The summed E-state index contributed by atoms with van der Waals surface area (Å²) in [6.07, 6.45) is 13.0. The van der Waals surface area contributed by atoms with Crippen LogP contribution in [0.15, 0.2) is 0 Å². The van der Waals surface area contributed by atoms with E-state index in [1.54, 1.807) is 0 Å². The highest BCUT2D eigenvalue weighted by Crippen LogP contribution is 2.28. The van der Waals surface area contributed by atoms with E-state index in [0.29, 0.717) is 0 Å². The van der Waals surface area contributed by atoms with Crippen LogP contribution < -0.4 is 5.32 Å². The zero-order chi connectivity index (χ0) is 13.5. The maximum absolute atomic E-state index is 3.74. The lowest BCUT2D eigenvalue weighted by molar-refractivity contribution is 0.112. The molecule has 0 radical (unpaired) electrons. The standard InChI is InChI=1S/C17H34N2/c1-3-18-17-13-9-8-10-15(17)14-19(4-2)16-11-6-5-7-12-16/h15-18H,3-14H2,1-2H3. The number of hydrogen-bond donors (Lipinski definition) is 1. The summed E-state index contributed by atoms with van der Waals surface area (Å²) < 4.78 is 0. The Labute approximate surface area is 120 Å². The molecule has 19 heavy (non-hydrogen) atoms. The molecule has 0 aliphatic heterocycles. The minimum atomic E-state index is 0.788. The second-order valence-electron chi connectivity index (χ2n) is 6.59. The van der Waals surface area contributed by atoms with Crippen LogP contribution >= 0.6 is 0 Å². The fraction of sp³-hybridized carbons (Fsp3) is 1.00. The molecule has 0 heterocycles. The smallest absolute Gasteiger partial charge is 0.0107 e. The molecule has 0 saturated heterocycles. The summed E-state index contributed by atoms with van der Waals surface area (Å²) in [5.41, 5.74) is 0. The van der Waals surface area contributed by atoms with Gasteiger partial charge in [-0.1, -0.05) is 46.0 Å². The van der Waals surface area contributed by atoms with Gasteiger partial charge in [0.15, 0.2) is 0 Å². The van der Waals surface area contributed by atoms with Crippen molar-refractivity contribution in [3.8, 4) is 0 Å². The molecule has 1 N–H and O–H groups in total. The van der Waals surface area contributed by atoms with Crippen LogP contribution in [0.5, 0.6) is 0 Å². The highest BCUT2D eigenvalue weighted by molar-refractivity contribution is 4.85. The first-order chi connectivity index (χ1) is 9.35. The van der Waals surface area contributed by atoms with Crippen LogP contribution in [0.3, 0.4) is 0 Å². The lowest BCUT2D eigenvalue weighted by Gasteiger charge is -2.40. The van der Waals surface area contributed by atoms with Gasteiger partial charge in [-0.3, -0.25) is 0 Å². The SMILES string of the molecule is CCNC1CCCCC1CN(CC)C1CCCCC1. The Morgan fingerprint density at radius 3 is 2.26 bits per heavy atom. The first kappa shape index (κ1) is 15.3. The van der Waals surface area contributed by atoms with E-state index in [0.717, 1.165) is 24.5 Å². The molecule has 2 heteroatoms. The summed E-state index contributed by atoms with van der Waals surface area (Å²) in [5, 5.41) is 3.74. The zero-order valence-corrected chi connectivity index (χ0v) is 13.2. The molecule has 2 fully saturated rings. The molecule has 2 atom stereocenters. The average molecular weight is 266 g/mol. The quantitative estimate of drug-likeness (QED) is 0.786. The normalized spacial score (nSPS) is 29.8. The van der Waals surface area contributed by atoms with Crippen LogP contribution in [-0.2, 0) is 0 Å². The first-order valence-corrected chi connectivity index (χ1v) is 8.82. The Balaban J connectivity index is 1.87. The Kier molecular flexibility index (Phi) is 6.66. The van der Waals surface area contributed by atoms with Gasteiger partial charge in [-0.2, -0.15) is 0 Å². The molecule has 0 bridgehead atoms. The van der Waals surface area contributed by atoms with Gasteiger partial charge in [0.2, 0.25) is 0 Å². The Morgan fingerprint density at radius 2 is 1.58 bits per heavy atom. The van der Waals surface area contributed by atoms with E-state index in [2.05, 4.69) is 24.1 Å². The fourth-order valence-corrected chi connectivity index (χ4v) is 4.24. The van der Waals surface area contributed by atoms with Gasteiger partial charge in [0.25, 0.3) is 0 Å². The maximum Gasteiger partial charge on any atom is 0.0107 e. The molecule has 112 valence electrons. The molecule has 2 nitrogen and oxygen atoms in total. The number of rotatable bonds is 6. The number of nitrogens with zero attached hydrogens (tertiary/aromatic N) is 1. The second-order valence-corrected chi connectivity index (χ2v) is 6.59. The zero-order valence-electron chi connectivity index (χ0n) is 13.2. The van der Waals surface area contributed by atoms with Gasteiger partial charge in [-0.15, -0.1) is 0 Å². The van der Waals surface area contributed by atoms with E-state index in [9.17, 15) is 0 Å². The van der Waals surface area contributed by atoms with Crippen molar-refractivity contribution in [2.45, 2.75) is 83.7 Å². The van der Waals surface area contributed by atoms with Crippen LogP contribution in [0.2, 0.25) is 0 Å². The predicted molar refractivity (Wildman–Crippen MR) is 83.5 cm³/mol. The fourth-order valence-electron chi connectivity index (χ4n) is 4.24. The summed E-state index contributed by atoms with van der Waals surface area (Å²) in [4.78, 5) is 2.81. The topological polar surface area (TPSA) is 15.3 Å². The van der Waals surface area contributed by atoms with Crippen LogP contribution in [0.25, 0.3) is 0 Å². The molecular weight excluding hydrogens is 232 g/mol. The molecule has 2 unspecified atom stereocenters. The molecule has 2 aliphatic rings. The van der Waals surface area contributed by atoms with Crippen LogP contribution in [0.4, 0.5) is 0 Å². The molecule has 0 aromatic carbocycles.